The van der Waals surface area contributed by atoms with Crippen molar-refractivity contribution < 1.29 is 24.0 Å². The van der Waals surface area contributed by atoms with E-state index in [2.05, 4.69) is 15.4 Å². The lowest BCUT2D eigenvalue weighted by Gasteiger charge is -2.08. The van der Waals surface area contributed by atoms with Crippen molar-refractivity contribution in [3.05, 3.63) is 69.3 Å². The molecule has 2 rings (SSSR count). The molecular formula is C17H16N4O6. The van der Waals surface area contributed by atoms with Crippen LogP contribution in [0, 0.1) is 10.1 Å². The molecule has 2 aromatic carbocycles. The molecule has 0 unspecified atom stereocenters. The monoisotopic (exact) mass is 372 g/mol. The first kappa shape index (κ1) is 19.4. The van der Waals surface area contributed by atoms with Gasteiger partial charge in [0.25, 0.3) is 11.6 Å². The van der Waals surface area contributed by atoms with E-state index in [1.54, 1.807) is 24.3 Å². The van der Waals surface area contributed by atoms with Gasteiger partial charge in [0.1, 0.15) is 0 Å². The number of methoxy groups -OCH3 is 1. The molecule has 0 aliphatic heterocycles. The van der Waals surface area contributed by atoms with Gasteiger partial charge in [-0.05, 0) is 23.8 Å². The first-order valence-electron chi connectivity index (χ1n) is 7.61. The van der Waals surface area contributed by atoms with Crippen molar-refractivity contribution in [2.45, 2.75) is 6.54 Å². The SMILES string of the molecule is COC(=O)c1cc(C(=O)NCc2ccc(NC(N)=O)cc2)cc([N+](=O)[O-])c1. The van der Waals surface area contributed by atoms with E-state index in [1.165, 1.54) is 6.07 Å². The van der Waals surface area contributed by atoms with E-state index >= 15 is 0 Å². The van der Waals surface area contributed by atoms with Gasteiger partial charge >= 0.3 is 12.0 Å². The molecule has 0 bridgehead atoms. The highest BCUT2D eigenvalue weighted by Gasteiger charge is 2.18. The zero-order valence-corrected chi connectivity index (χ0v) is 14.2. The lowest BCUT2D eigenvalue weighted by atomic mass is 10.1. The summed E-state index contributed by atoms with van der Waals surface area (Å²) in [5, 5.41) is 16.0. The van der Waals surface area contributed by atoms with E-state index in [-0.39, 0.29) is 17.7 Å². The van der Waals surface area contributed by atoms with Crippen molar-refractivity contribution in [3.63, 3.8) is 0 Å². The number of urea groups is 1. The van der Waals surface area contributed by atoms with Crippen molar-refractivity contribution >= 4 is 29.3 Å². The van der Waals surface area contributed by atoms with Crippen LogP contribution in [0.15, 0.2) is 42.5 Å². The van der Waals surface area contributed by atoms with Crippen LogP contribution in [0.5, 0.6) is 0 Å². The van der Waals surface area contributed by atoms with E-state index in [1.807, 2.05) is 0 Å². The maximum atomic E-state index is 12.3. The number of rotatable bonds is 6. The summed E-state index contributed by atoms with van der Waals surface area (Å²) in [4.78, 5) is 45.0. The van der Waals surface area contributed by atoms with Gasteiger partial charge < -0.3 is 21.1 Å². The molecule has 27 heavy (non-hydrogen) atoms. The van der Waals surface area contributed by atoms with Crippen LogP contribution in [0.2, 0.25) is 0 Å². The number of carbonyl (C=O) groups is 3. The fourth-order valence-electron chi connectivity index (χ4n) is 2.22. The zero-order valence-electron chi connectivity index (χ0n) is 14.2. The van der Waals surface area contributed by atoms with E-state index in [0.717, 1.165) is 24.8 Å². The van der Waals surface area contributed by atoms with Crippen LogP contribution in [0.3, 0.4) is 0 Å². The van der Waals surface area contributed by atoms with Crippen LogP contribution >= 0.6 is 0 Å². The number of non-ortho nitro benzene ring substituents is 1. The molecule has 0 spiro atoms. The number of carbonyl (C=O) groups excluding carboxylic acids is 3. The predicted octanol–water partition coefficient (Wildman–Crippen LogP) is 1.80. The molecule has 0 atom stereocenters. The number of esters is 1. The highest BCUT2D eigenvalue weighted by molar-refractivity contribution is 5.99. The first-order chi connectivity index (χ1) is 12.8. The van der Waals surface area contributed by atoms with Gasteiger partial charge in [0.2, 0.25) is 0 Å². The lowest BCUT2D eigenvalue weighted by molar-refractivity contribution is -0.384. The van der Waals surface area contributed by atoms with Crippen molar-refractivity contribution in [2.24, 2.45) is 5.73 Å². The standard InChI is InChI=1S/C17H16N4O6/c1-27-16(23)12-6-11(7-14(8-12)21(25)26)15(22)19-9-10-2-4-13(5-3-10)20-17(18)24/h2-8H,9H2,1H3,(H,19,22)(H3,18,20,24). The van der Waals surface area contributed by atoms with Gasteiger partial charge in [-0.1, -0.05) is 12.1 Å². The highest BCUT2D eigenvalue weighted by atomic mass is 16.6. The van der Waals surface area contributed by atoms with Crippen LogP contribution in [0.25, 0.3) is 0 Å². The Morgan fingerprint density at radius 3 is 2.30 bits per heavy atom. The molecule has 0 radical (unpaired) electrons. The van der Waals surface area contributed by atoms with Crippen molar-refractivity contribution in [2.75, 3.05) is 12.4 Å². The Morgan fingerprint density at radius 2 is 1.74 bits per heavy atom. The van der Waals surface area contributed by atoms with Gasteiger partial charge in [-0.3, -0.25) is 14.9 Å². The fourth-order valence-corrected chi connectivity index (χ4v) is 2.22. The third-order valence-corrected chi connectivity index (χ3v) is 3.49. The van der Waals surface area contributed by atoms with Gasteiger partial charge in [-0.15, -0.1) is 0 Å². The van der Waals surface area contributed by atoms with Gasteiger partial charge in [-0.2, -0.15) is 0 Å². The van der Waals surface area contributed by atoms with Crippen LogP contribution in [0.1, 0.15) is 26.3 Å². The summed E-state index contributed by atoms with van der Waals surface area (Å²) in [6.45, 7) is 0.131. The number of hydrogen-bond acceptors (Lipinski definition) is 6. The molecule has 2 aromatic rings. The minimum absolute atomic E-state index is 0.0448. The number of nitro benzene ring substituents is 1. The Labute approximate surface area is 153 Å². The second-order valence-corrected chi connectivity index (χ2v) is 5.39. The molecule has 0 aromatic heterocycles. The Bertz CT molecular complexity index is 895. The second-order valence-electron chi connectivity index (χ2n) is 5.39. The molecule has 0 saturated heterocycles. The molecule has 3 amide bonds. The Morgan fingerprint density at radius 1 is 1.11 bits per heavy atom. The fraction of sp³-hybridized carbons (Fsp3) is 0.118. The Balaban J connectivity index is 2.13. The van der Waals surface area contributed by atoms with Crippen molar-refractivity contribution in [3.8, 4) is 0 Å². The number of nitrogens with two attached hydrogens (primary N) is 1. The molecule has 0 fully saturated rings. The number of nitrogens with one attached hydrogen (secondary N) is 2. The number of nitrogens with zero attached hydrogens (tertiary/aromatic N) is 1. The van der Waals surface area contributed by atoms with Crippen LogP contribution in [-0.2, 0) is 11.3 Å². The molecular weight excluding hydrogens is 356 g/mol. The quantitative estimate of drug-likeness (QED) is 0.399. The highest BCUT2D eigenvalue weighted by Crippen LogP contribution is 2.18. The number of amides is 3. The summed E-state index contributed by atoms with van der Waals surface area (Å²) in [5.41, 5.74) is 5.69. The van der Waals surface area contributed by atoms with Crippen molar-refractivity contribution in [1.82, 2.24) is 5.32 Å². The van der Waals surface area contributed by atoms with E-state index in [9.17, 15) is 24.5 Å². The second kappa shape index (κ2) is 8.43. The van der Waals surface area contributed by atoms with E-state index in [0.29, 0.717) is 5.69 Å². The summed E-state index contributed by atoms with van der Waals surface area (Å²) < 4.78 is 4.54. The minimum atomic E-state index is -0.787. The number of hydrogen-bond donors (Lipinski definition) is 3. The summed E-state index contributed by atoms with van der Waals surface area (Å²) in [6, 6.07) is 9.17. The summed E-state index contributed by atoms with van der Waals surface area (Å²) in [7, 11) is 1.14. The van der Waals surface area contributed by atoms with Crippen LogP contribution < -0.4 is 16.4 Å². The molecule has 10 nitrogen and oxygen atoms in total. The lowest BCUT2D eigenvalue weighted by Crippen LogP contribution is -2.23. The van der Waals surface area contributed by atoms with Gasteiger partial charge in [0.05, 0.1) is 17.6 Å². The molecule has 4 N–H and O–H groups in total. The number of nitro groups is 1. The minimum Gasteiger partial charge on any atom is -0.465 e. The van der Waals surface area contributed by atoms with Crippen LogP contribution in [0.4, 0.5) is 16.2 Å². The van der Waals surface area contributed by atoms with Gasteiger partial charge in [0.15, 0.2) is 0 Å². The summed E-state index contributed by atoms with van der Waals surface area (Å²) in [6.07, 6.45) is 0. The topological polar surface area (TPSA) is 154 Å². The van der Waals surface area contributed by atoms with Crippen LogP contribution in [-0.4, -0.2) is 29.9 Å². The van der Waals surface area contributed by atoms with Gasteiger partial charge in [-0.25, -0.2) is 9.59 Å². The zero-order chi connectivity index (χ0) is 20.0. The van der Waals surface area contributed by atoms with E-state index in [4.69, 9.17) is 5.73 Å². The smallest absolute Gasteiger partial charge is 0.338 e. The Hall–Kier alpha value is -3.95. The summed E-state index contributed by atoms with van der Waals surface area (Å²) >= 11 is 0. The molecule has 0 saturated carbocycles. The molecule has 140 valence electrons. The van der Waals surface area contributed by atoms with E-state index < -0.39 is 28.5 Å². The Kier molecular flexibility index (Phi) is 6.05. The number of ether oxygens (including phenoxy) is 1. The van der Waals surface area contributed by atoms with Gasteiger partial charge in [0, 0.05) is 29.9 Å². The number of benzene rings is 2. The predicted molar refractivity (Wildman–Crippen MR) is 95.3 cm³/mol. The average Bonchev–Trinajstić information content (AvgIpc) is 2.65. The van der Waals surface area contributed by atoms with Crippen molar-refractivity contribution in [1.29, 1.82) is 0 Å². The average molecular weight is 372 g/mol. The molecule has 0 aliphatic carbocycles. The first-order valence-corrected chi connectivity index (χ1v) is 7.61. The maximum absolute atomic E-state index is 12.3. The third kappa shape index (κ3) is 5.26. The largest absolute Gasteiger partial charge is 0.465 e. The maximum Gasteiger partial charge on any atom is 0.338 e. The molecule has 10 heteroatoms. The number of anilines is 1. The normalized spacial score (nSPS) is 9.96. The molecule has 0 aliphatic rings. The number of primary amides is 1. The summed E-state index contributed by atoms with van der Waals surface area (Å²) in [5.74, 6) is -1.38. The third-order valence-electron chi connectivity index (χ3n) is 3.49. The molecule has 0 heterocycles.